The maximum absolute atomic E-state index is 10.7. The van der Waals surface area contributed by atoms with Gasteiger partial charge >= 0.3 is 0 Å². The van der Waals surface area contributed by atoms with Crippen LogP contribution in [0, 0.1) is 0 Å². The average Bonchev–Trinajstić information content (AvgIpc) is 2.26. The van der Waals surface area contributed by atoms with Crippen LogP contribution >= 0.6 is 0 Å². The number of hydrogen-bond acceptors (Lipinski definition) is 3. The molecule has 1 rings (SSSR count). The molecule has 0 unspecified atom stereocenters. The molecule has 0 N–H and O–H groups in total. The topological polar surface area (TPSA) is 32.8 Å². The molecule has 0 aliphatic rings. The standard InChI is InChI=1S/C11H16N2O2/c1-12(2)10-6-5-9(15-4)7-11(10)13(3)8-14/h5-8H,1-4H3. The molecule has 0 heterocycles. The zero-order valence-electron chi connectivity index (χ0n) is 9.52. The van der Waals surface area contributed by atoms with Gasteiger partial charge in [0.1, 0.15) is 5.75 Å². The zero-order chi connectivity index (χ0) is 11.4. The molecule has 0 saturated carbocycles. The second-order valence-electron chi connectivity index (χ2n) is 3.47. The molecule has 82 valence electrons. The van der Waals surface area contributed by atoms with Gasteiger partial charge in [-0.05, 0) is 12.1 Å². The van der Waals surface area contributed by atoms with E-state index in [0.29, 0.717) is 0 Å². The van der Waals surface area contributed by atoms with Gasteiger partial charge in [0.2, 0.25) is 6.41 Å². The van der Waals surface area contributed by atoms with Crippen LogP contribution in [0.4, 0.5) is 11.4 Å². The van der Waals surface area contributed by atoms with Crippen LogP contribution < -0.4 is 14.5 Å². The smallest absolute Gasteiger partial charge is 0.213 e. The van der Waals surface area contributed by atoms with Gasteiger partial charge in [0.25, 0.3) is 0 Å². The predicted molar refractivity (Wildman–Crippen MR) is 61.8 cm³/mol. The van der Waals surface area contributed by atoms with Gasteiger partial charge in [-0.15, -0.1) is 0 Å². The van der Waals surface area contributed by atoms with E-state index in [-0.39, 0.29) is 0 Å². The lowest BCUT2D eigenvalue weighted by atomic mass is 10.2. The molecular weight excluding hydrogens is 192 g/mol. The van der Waals surface area contributed by atoms with Gasteiger partial charge < -0.3 is 14.5 Å². The van der Waals surface area contributed by atoms with Crippen molar-refractivity contribution in [3.05, 3.63) is 18.2 Å². The van der Waals surface area contributed by atoms with Crippen LogP contribution in [-0.2, 0) is 4.79 Å². The van der Waals surface area contributed by atoms with Crippen LogP contribution in [0.25, 0.3) is 0 Å². The molecule has 4 heteroatoms. The maximum atomic E-state index is 10.7. The number of benzene rings is 1. The molecule has 0 fully saturated rings. The molecule has 15 heavy (non-hydrogen) atoms. The van der Waals surface area contributed by atoms with Gasteiger partial charge in [0, 0.05) is 27.2 Å². The molecule has 0 aromatic heterocycles. The Morgan fingerprint density at radius 3 is 2.33 bits per heavy atom. The van der Waals surface area contributed by atoms with E-state index in [4.69, 9.17) is 4.74 Å². The Hall–Kier alpha value is -1.71. The van der Waals surface area contributed by atoms with Crippen LogP contribution in [0.2, 0.25) is 0 Å². The summed E-state index contributed by atoms with van der Waals surface area (Å²) in [5.41, 5.74) is 1.81. The molecule has 0 radical (unpaired) electrons. The summed E-state index contributed by atoms with van der Waals surface area (Å²) in [7, 11) is 7.19. The quantitative estimate of drug-likeness (QED) is 0.700. The summed E-state index contributed by atoms with van der Waals surface area (Å²) in [6.07, 6.45) is 0.780. The molecule has 0 atom stereocenters. The zero-order valence-corrected chi connectivity index (χ0v) is 9.52. The van der Waals surface area contributed by atoms with Crippen LogP contribution in [0.5, 0.6) is 5.75 Å². The minimum Gasteiger partial charge on any atom is -0.497 e. The van der Waals surface area contributed by atoms with E-state index in [1.165, 1.54) is 4.90 Å². The first-order chi connectivity index (χ1) is 7.10. The van der Waals surface area contributed by atoms with Crippen molar-refractivity contribution < 1.29 is 9.53 Å². The minimum atomic E-state index is 0.740. The molecule has 1 aromatic carbocycles. The molecule has 4 nitrogen and oxygen atoms in total. The lowest BCUT2D eigenvalue weighted by Crippen LogP contribution is -2.19. The highest BCUT2D eigenvalue weighted by atomic mass is 16.5. The fourth-order valence-corrected chi connectivity index (χ4v) is 1.35. The third-order valence-corrected chi connectivity index (χ3v) is 2.20. The summed E-state index contributed by atoms with van der Waals surface area (Å²) in [5, 5.41) is 0. The number of methoxy groups -OCH3 is 1. The number of amides is 1. The summed E-state index contributed by atoms with van der Waals surface area (Å²) in [4.78, 5) is 14.2. The molecule has 0 spiro atoms. The highest BCUT2D eigenvalue weighted by Crippen LogP contribution is 2.30. The maximum Gasteiger partial charge on any atom is 0.213 e. The second-order valence-corrected chi connectivity index (χ2v) is 3.47. The molecule has 1 aromatic rings. The molecule has 0 saturated heterocycles. The molecule has 0 aliphatic carbocycles. The Kier molecular flexibility index (Phi) is 3.55. The van der Waals surface area contributed by atoms with E-state index < -0.39 is 0 Å². The summed E-state index contributed by atoms with van der Waals surface area (Å²) < 4.78 is 5.12. The van der Waals surface area contributed by atoms with Crippen molar-refractivity contribution in [2.24, 2.45) is 0 Å². The van der Waals surface area contributed by atoms with E-state index >= 15 is 0 Å². The first-order valence-electron chi connectivity index (χ1n) is 4.63. The lowest BCUT2D eigenvalue weighted by Gasteiger charge is -2.22. The summed E-state index contributed by atoms with van der Waals surface area (Å²) in [6, 6.07) is 5.63. The van der Waals surface area contributed by atoms with Crippen molar-refractivity contribution in [1.29, 1.82) is 0 Å². The Labute approximate surface area is 90.1 Å². The van der Waals surface area contributed by atoms with Crippen molar-refractivity contribution in [1.82, 2.24) is 0 Å². The normalized spacial score (nSPS) is 9.60. The van der Waals surface area contributed by atoms with Crippen LogP contribution in [0.15, 0.2) is 18.2 Å². The van der Waals surface area contributed by atoms with Gasteiger partial charge in [-0.25, -0.2) is 0 Å². The largest absolute Gasteiger partial charge is 0.497 e. The van der Waals surface area contributed by atoms with Gasteiger partial charge in [0.05, 0.1) is 18.5 Å². The van der Waals surface area contributed by atoms with Crippen molar-refractivity contribution in [2.75, 3.05) is 38.1 Å². The highest BCUT2D eigenvalue weighted by Gasteiger charge is 2.09. The Balaban J connectivity index is 3.22. The van der Waals surface area contributed by atoms with Crippen LogP contribution in [0.3, 0.4) is 0 Å². The molecular formula is C11H16N2O2. The molecule has 1 amide bonds. The summed E-state index contributed by atoms with van der Waals surface area (Å²) in [6.45, 7) is 0. The van der Waals surface area contributed by atoms with Crippen molar-refractivity contribution >= 4 is 17.8 Å². The van der Waals surface area contributed by atoms with E-state index in [1.54, 1.807) is 14.2 Å². The van der Waals surface area contributed by atoms with Crippen LogP contribution in [-0.4, -0.2) is 34.7 Å². The van der Waals surface area contributed by atoms with Crippen molar-refractivity contribution in [3.8, 4) is 5.75 Å². The SMILES string of the molecule is COc1ccc(N(C)C)c(N(C)C=O)c1. The number of nitrogens with zero attached hydrogens (tertiary/aromatic N) is 2. The number of hydrogen-bond donors (Lipinski definition) is 0. The van der Waals surface area contributed by atoms with E-state index in [0.717, 1.165) is 23.5 Å². The predicted octanol–water partition coefficient (Wildman–Crippen LogP) is 1.35. The third-order valence-electron chi connectivity index (χ3n) is 2.20. The van der Waals surface area contributed by atoms with Gasteiger partial charge in [-0.2, -0.15) is 0 Å². The first kappa shape index (κ1) is 11.4. The molecule has 0 aliphatic heterocycles. The van der Waals surface area contributed by atoms with E-state index in [9.17, 15) is 4.79 Å². The number of carbonyl (C=O) groups excluding carboxylic acids is 1. The average molecular weight is 208 g/mol. The fraction of sp³-hybridized carbons (Fsp3) is 0.364. The van der Waals surface area contributed by atoms with Crippen molar-refractivity contribution in [2.45, 2.75) is 0 Å². The summed E-state index contributed by atoms with van der Waals surface area (Å²) >= 11 is 0. The summed E-state index contributed by atoms with van der Waals surface area (Å²) in [5.74, 6) is 0.740. The number of ether oxygens (including phenoxy) is 1. The third kappa shape index (κ3) is 2.40. The Morgan fingerprint density at radius 2 is 1.87 bits per heavy atom. The minimum absolute atomic E-state index is 0.740. The van der Waals surface area contributed by atoms with Gasteiger partial charge in [0.15, 0.2) is 0 Å². The van der Waals surface area contributed by atoms with Crippen LogP contribution in [0.1, 0.15) is 0 Å². The number of carbonyl (C=O) groups is 1. The fourth-order valence-electron chi connectivity index (χ4n) is 1.35. The van der Waals surface area contributed by atoms with Gasteiger partial charge in [-0.3, -0.25) is 4.79 Å². The monoisotopic (exact) mass is 208 g/mol. The molecule has 0 bridgehead atoms. The Morgan fingerprint density at radius 1 is 1.20 bits per heavy atom. The lowest BCUT2D eigenvalue weighted by molar-refractivity contribution is -0.107. The highest BCUT2D eigenvalue weighted by molar-refractivity contribution is 5.84. The van der Waals surface area contributed by atoms with E-state index in [1.807, 2.05) is 37.2 Å². The van der Waals surface area contributed by atoms with E-state index in [2.05, 4.69) is 0 Å². The van der Waals surface area contributed by atoms with Crippen molar-refractivity contribution in [3.63, 3.8) is 0 Å². The number of anilines is 2. The first-order valence-corrected chi connectivity index (χ1v) is 4.63. The second kappa shape index (κ2) is 4.68. The van der Waals surface area contributed by atoms with Gasteiger partial charge in [-0.1, -0.05) is 0 Å². The number of rotatable bonds is 4. The Bertz CT molecular complexity index is 350.